The van der Waals surface area contributed by atoms with Gasteiger partial charge in [-0.15, -0.1) is 0 Å². The lowest BCUT2D eigenvalue weighted by molar-refractivity contribution is -0.142. The number of likely N-dealkylation sites (N-methyl/N-ethyl adjacent to an activating group) is 1. The molecule has 0 spiro atoms. The summed E-state index contributed by atoms with van der Waals surface area (Å²) in [6, 6.07) is 9.30. The fourth-order valence-corrected chi connectivity index (χ4v) is 5.03. The first-order valence-electron chi connectivity index (χ1n) is 14.1. The Bertz CT molecular complexity index is 1170. The van der Waals surface area contributed by atoms with Crippen LogP contribution in [0.3, 0.4) is 0 Å². The van der Waals surface area contributed by atoms with Crippen molar-refractivity contribution in [2.45, 2.75) is 96.9 Å². The number of amides is 3. The number of rotatable bonds is 9. The van der Waals surface area contributed by atoms with Gasteiger partial charge in [0.1, 0.15) is 29.2 Å². The molecule has 1 saturated carbocycles. The third-order valence-corrected chi connectivity index (χ3v) is 7.04. The molecule has 2 aromatic rings. The summed E-state index contributed by atoms with van der Waals surface area (Å²) in [5.41, 5.74) is 1.10. The number of phenolic OH excluding ortho intramolecular Hbond substituents is 2. The highest BCUT2D eigenvalue weighted by Gasteiger charge is 2.36. The Morgan fingerprint density at radius 1 is 1.02 bits per heavy atom. The fourth-order valence-electron chi connectivity index (χ4n) is 5.03. The lowest BCUT2D eigenvalue weighted by Gasteiger charge is -2.35. The van der Waals surface area contributed by atoms with Crippen LogP contribution < -0.4 is 10.6 Å². The van der Waals surface area contributed by atoms with Gasteiger partial charge in [0.15, 0.2) is 0 Å². The van der Waals surface area contributed by atoms with Crippen molar-refractivity contribution in [3.63, 3.8) is 0 Å². The number of aryl methyl sites for hydroxylation is 1. The molecule has 4 N–H and O–H groups in total. The highest BCUT2D eigenvalue weighted by molar-refractivity contribution is 5.92. The normalized spacial score (nSPS) is 15.5. The van der Waals surface area contributed by atoms with Gasteiger partial charge >= 0.3 is 6.09 Å². The topological polar surface area (TPSA) is 128 Å². The van der Waals surface area contributed by atoms with Gasteiger partial charge in [-0.05, 0) is 88.4 Å². The minimum Gasteiger partial charge on any atom is -0.508 e. The molecule has 40 heavy (non-hydrogen) atoms. The maximum absolute atomic E-state index is 14.2. The number of alkyl carbamates (subject to hydrolysis) is 1. The Kier molecular flexibility index (Phi) is 10.4. The van der Waals surface area contributed by atoms with Crippen molar-refractivity contribution in [3.05, 3.63) is 59.2 Å². The second-order valence-corrected chi connectivity index (χ2v) is 11.5. The van der Waals surface area contributed by atoms with Gasteiger partial charge in [-0.2, -0.15) is 0 Å². The standard InChI is InChI=1S/C31H43N3O6/c1-6-34(27(22-14-17-26(36)20(2)18-22)28(37)32-23-10-8-7-9-11-23)29(38)25(33-30(39)40-31(3,4)5)19-21-12-15-24(35)16-13-21/h12-18,23,25,27,35-36H,6-11,19H2,1-5H3,(H,32,37)(H,33,39). The van der Waals surface area contributed by atoms with Gasteiger partial charge in [0.25, 0.3) is 0 Å². The molecule has 1 aliphatic rings. The van der Waals surface area contributed by atoms with Crippen LogP contribution in [0.15, 0.2) is 42.5 Å². The molecule has 0 bridgehead atoms. The van der Waals surface area contributed by atoms with Gasteiger partial charge < -0.3 is 30.5 Å². The van der Waals surface area contributed by atoms with E-state index in [4.69, 9.17) is 4.74 Å². The molecule has 2 atom stereocenters. The second kappa shape index (κ2) is 13.5. The number of benzene rings is 2. The van der Waals surface area contributed by atoms with Crippen molar-refractivity contribution in [1.82, 2.24) is 15.5 Å². The van der Waals surface area contributed by atoms with Crippen molar-refractivity contribution >= 4 is 17.9 Å². The van der Waals surface area contributed by atoms with Crippen molar-refractivity contribution in [3.8, 4) is 11.5 Å². The summed E-state index contributed by atoms with van der Waals surface area (Å²) in [6.07, 6.45) is 4.37. The van der Waals surface area contributed by atoms with E-state index in [1.54, 1.807) is 58.9 Å². The van der Waals surface area contributed by atoms with E-state index >= 15 is 0 Å². The lowest BCUT2D eigenvalue weighted by atomic mass is 9.94. The molecule has 0 radical (unpaired) electrons. The van der Waals surface area contributed by atoms with Crippen molar-refractivity contribution < 1.29 is 29.3 Å². The highest BCUT2D eigenvalue weighted by atomic mass is 16.6. The summed E-state index contributed by atoms with van der Waals surface area (Å²) in [4.78, 5) is 42.3. The van der Waals surface area contributed by atoms with E-state index in [-0.39, 0.29) is 36.4 Å². The highest BCUT2D eigenvalue weighted by Crippen LogP contribution is 2.28. The Labute approximate surface area is 236 Å². The largest absolute Gasteiger partial charge is 0.508 e. The lowest BCUT2D eigenvalue weighted by Crippen LogP contribution is -2.54. The van der Waals surface area contributed by atoms with E-state index < -0.39 is 29.7 Å². The maximum Gasteiger partial charge on any atom is 0.408 e. The second-order valence-electron chi connectivity index (χ2n) is 11.5. The molecule has 0 saturated heterocycles. The van der Waals surface area contributed by atoms with Crippen LogP contribution >= 0.6 is 0 Å². The summed E-state index contributed by atoms with van der Waals surface area (Å²) >= 11 is 0. The molecule has 0 heterocycles. The monoisotopic (exact) mass is 553 g/mol. The van der Waals surface area contributed by atoms with E-state index in [9.17, 15) is 24.6 Å². The molecular weight excluding hydrogens is 510 g/mol. The number of phenols is 2. The summed E-state index contributed by atoms with van der Waals surface area (Å²) in [6.45, 7) is 8.94. The van der Waals surface area contributed by atoms with Crippen LogP contribution in [0, 0.1) is 6.92 Å². The number of carbonyl (C=O) groups is 3. The van der Waals surface area contributed by atoms with Crippen LogP contribution in [0.4, 0.5) is 4.79 Å². The van der Waals surface area contributed by atoms with Crippen molar-refractivity contribution in [2.75, 3.05) is 6.54 Å². The fraction of sp³-hybridized carbons (Fsp3) is 0.516. The van der Waals surface area contributed by atoms with Crippen LogP contribution in [0.1, 0.15) is 82.5 Å². The van der Waals surface area contributed by atoms with E-state index in [2.05, 4.69) is 10.6 Å². The smallest absolute Gasteiger partial charge is 0.408 e. The van der Waals surface area contributed by atoms with E-state index in [0.29, 0.717) is 16.7 Å². The Balaban J connectivity index is 1.97. The van der Waals surface area contributed by atoms with Gasteiger partial charge in [0.2, 0.25) is 11.8 Å². The SMILES string of the molecule is CCN(C(=O)C(Cc1ccc(O)cc1)NC(=O)OC(C)(C)C)C(C(=O)NC1CCCCC1)c1ccc(O)c(C)c1. The van der Waals surface area contributed by atoms with Crippen LogP contribution in [-0.2, 0) is 20.7 Å². The maximum atomic E-state index is 14.2. The average molecular weight is 554 g/mol. The van der Waals surface area contributed by atoms with Gasteiger partial charge in [-0.3, -0.25) is 9.59 Å². The molecule has 1 fully saturated rings. The van der Waals surface area contributed by atoms with Crippen molar-refractivity contribution in [1.29, 1.82) is 0 Å². The zero-order valence-corrected chi connectivity index (χ0v) is 24.2. The average Bonchev–Trinajstić information content (AvgIpc) is 2.89. The number of hydrogen-bond acceptors (Lipinski definition) is 6. The van der Waals surface area contributed by atoms with Crippen LogP contribution in [0.2, 0.25) is 0 Å². The predicted octanol–water partition coefficient (Wildman–Crippen LogP) is 4.88. The first-order chi connectivity index (χ1) is 18.9. The van der Waals surface area contributed by atoms with Crippen molar-refractivity contribution in [2.24, 2.45) is 0 Å². The van der Waals surface area contributed by atoms with E-state index in [1.165, 1.54) is 23.1 Å². The first-order valence-corrected chi connectivity index (χ1v) is 14.1. The number of ether oxygens (including phenoxy) is 1. The summed E-state index contributed by atoms with van der Waals surface area (Å²) < 4.78 is 5.44. The van der Waals surface area contributed by atoms with Gasteiger partial charge in [0, 0.05) is 19.0 Å². The summed E-state index contributed by atoms with van der Waals surface area (Å²) in [7, 11) is 0. The molecule has 2 aromatic carbocycles. The van der Waals surface area contributed by atoms with Gasteiger partial charge in [-0.25, -0.2) is 4.79 Å². The zero-order chi connectivity index (χ0) is 29.4. The molecule has 9 nitrogen and oxygen atoms in total. The molecular formula is C31H43N3O6. The number of aromatic hydroxyl groups is 2. The third kappa shape index (κ3) is 8.63. The van der Waals surface area contributed by atoms with Crippen LogP contribution in [-0.4, -0.2) is 57.3 Å². The van der Waals surface area contributed by atoms with E-state index in [0.717, 1.165) is 32.1 Å². The number of nitrogens with zero attached hydrogens (tertiary/aromatic N) is 1. The summed E-state index contributed by atoms with van der Waals surface area (Å²) in [5, 5.41) is 25.7. The minimum absolute atomic E-state index is 0.0310. The zero-order valence-electron chi connectivity index (χ0n) is 24.2. The molecule has 3 rings (SSSR count). The van der Waals surface area contributed by atoms with Gasteiger partial charge in [0.05, 0.1) is 0 Å². The molecule has 218 valence electrons. The molecule has 0 aromatic heterocycles. The molecule has 9 heteroatoms. The number of hydrogen-bond donors (Lipinski definition) is 4. The Morgan fingerprint density at radius 3 is 2.25 bits per heavy atom. The molecule has 0 aliphatic heterocycles. The minimum atomic E-state index is -1.04. The first kappa shape index (κ1) is 30.8. The Morgan fingerprint density at radius 2 is 1.68 bits per heavy atom. The summed E-state index contributed by atoms with van der Waals surface area (Å²) in [5.74, 6) is -0.561. The Hall–Kier alpha value is -3.75. The van der Waals surface area contributed by atoms with Gasteiger partial charge in [-0.1, -0.05) is 37.5 Å². The van der Waals surface area contributed by atoms with Crippen LogP contribution in [0.5, 0.6) is 11.5 Å². The third-order valence-electron chi connectivity index (χ3n) is 7.04. The molecule has 1 aliphatic carbocycles. The predicted molar refractivity (Wildman–Crippen MR) is 153 cm³/mol. The number of nitrogens with one attached hydrogen (secondary N) is 2. The molecule has 3 amide bonds. The van der Waals surface area contributed by atoms with Crippen LogP contribution in [0.25, 0.3) is 0 Å². The van der Waals surface area contributed by atoms with E-state index in [1.807, 2.05) is 0 Å². The quantitative estimate of drug-likeness (QED) is 0.350. The number of carbonyl (C=O) groups excluding carboxylic acids is 3. The molecule has 2 unspecified atom stereocenters.